The molecule has 3 heteroatoms. The Morgan fingerprint density at radius 2 is 2.10 bits per heavy atom. The largest absolute Gasteiger partial charge is 0.359 e. The first-order chi connectivity index (χ1) is 4.57. The van der Waals surface area contributed by atoms with Gasteiger partial charge in [-0.25, -0.2) is 0 Å². The Kier molecular flexibility index (Phi) is 4.23. The maximum Gasteiger partial charge on any atom is 0.176 e. The summed E-state index contributed by atoms with van der Waals surface area (Å²) in [5.41, 5.74) is 5.29. The summed E-state index contributed by atoms with van der Waals surface area (Å²) in [5, 5.41) is 0. The molecule has 0 radical (unpaired) electrons. The second-order valence-corrected chi connectivity index (χ2v) is 2.72. The SMILES string of the molecule is COC(N)C(=O)CC(C)C. The standard InChI is InChI=1S/C7H15NO2/c1-5(2)4-6(9)7(8)10-3/h5,7H,4,8H2,1-3H3. The number of hydrogen-bond donors (Lipinski definition) is 1. The molecule has 0 aliphatic rings. The molecule has 0 aliphatic carbocycles. The second kappa shape index (κ2) is 4.41. The quantitative estimate of drug-likeness (QED) is 0.587. The van der Waals surface area contributed by atoms with Crippen LogP contribution in [0.15, 0.2) is 0 Å². The van der Waals surface area contributed by atoms with Crippen molar-refractivity contribution in [1.82, 2.24) is 0 Å². The van der Waals surface area contributed by atoms with Crippen LogP contribution in [0.25, 0.3) is 0 Å². The van der Waals surface area contributed by atoms with Crippen LogP contribution in [0, 0.1) is 5.92 Å². The van der Waals surface area contributed by atoms with Crippen molar-refractivity contribution in [2.45, 2.75) is 26.5 Å². The fraction of sp³-hybridized carbons (Fsp3) is 0.857. The predicted molar refractivity (Wildman–Crippen MR) is 39.4 cm³/mol. The van der Waals surface area contributed by atoms with Crippen LogP contribution in [0.1, 0.15) is 20.3 Å². The summed E-state index contributed by atoms with van der Waals surface area (Å²) in [6, 6.07) is 0. The minimum Gasteiger partial charge on any atom is -0.359 e. The Morgan fingerprint density at radius 1 is 1.60 bits per heavy atom. The number of Topliss-reactive ketones (excluding diaryl/α,β-unsaturated/α-hetero) is 1. The van der Waals surface area contributed by atoms with Crippen LogP contribution in [0.3, 0.4) is 0 Å². The van der Waals surface area contributed by atoms with E-state index in [0.29, 0.717) is 12.3 Å². The molecule has 0 aromatic heterocycles. The van der Waals surface area contributed by atoms with Gasteiger partial charge in [-0.15, -0.1) is 0 Å². The number of nitrogens with two attached hydrogens (primary N) is 1. The number of carbonyl (C=O) groups excluding carboxylic acids is 1. The zero-order chi connectivity index (χ0) is 8.15. The van der Waals surface area contributed by atoms with Crippen LogP contribution in [0.5, 0.6) is 0 Å². The van der Waals surface area contributed by atoms with E-state index < -0.39 is 6.23 Å². The van der Waals surface area contributed by atoms with Crippen molar-refractivity contribution in [3.05, 3.63) is 0 Å². The van der Waals surface area contributed by atoms with Crippen molar-refractivity contribution in [3.63, 3.8) is 0 Å². The van der Waals surface area contributed by atoms with Gasteiger partial charge >= 0.3 is 0 Å². The van der Waals surface area contributed by atoms with Crippen LogP contribution >= 0.6 is 0 Å². The Hall–Kier alpha value is -0.410. The van der Waals surface area contributed by atoms with Crippen molar-refractivity contribution in [3.8, 4) is 0 Å². The lowest BCUT2D eigenvalue weighted by molar-refractivity contribution is -0.129. The summed E-state index contributed by atoms with van der Waals surface area (Å²) < 4.78 is 4.64. The summed E-state index contributed by atoms with van der Waals surface area (Å²) >= 11 is 0. The Morgan fingerprint density at radius 3 is 2.40 bits per heavy atom. The third-order valence-electron chi connectivity index (χ3n) is 1.18. The molecule has 0 aliphatic heterocycles. The molecule has 60 valence electrons. The molecule has 0 saturated carbocycles. The molecule has 0 rings (SSSR count). The molecule has 10 heavy (non-hydrogen) atoms. The van der Waals surface area contributed by atoms with Gasteiger partial charge in [-0.3, -0.25) is 10.5 Å². The zero-order valence-electron chi connectivity index (χ0n) is 6.76. The molecule has 0 aromatic carbocycles. The molecule has 1 unspecified atom stereocenters. The molecule has 0 spiro atoms. The minimum absolute atomic E-state index is 0.0301. The molecular formula is C7H15NO2. The molecule has 0 bridgehead atoms. The van der Waals surface area contributed by atoms with E-state index >= 15 is 0 Å². The molecule has 2 N–H and O–H groups in total. The Balaban J connectivity index is 3.62. The maximum absolute atomic E-state index is 10.9. The number of ether oxygens (including phenoxy) is 1. The van der Waals surface area contributed by atoms with Crippen LogP contribution < -0.4 is 5.73 Å². The molecule has 0 amide bonds. The van der Waals surface area contributed by atoms with Crippen LogP contribution in [0.2, 0.25) is 0 Å². The van der Waals surface area contributed by atoms with E-state index in [9.17, 15) is 4.79 Å². The van der Waals surface area contributed by atoms with Gasteiger partial charge in [0.2, 0.25) is 0 Å². The van der Waals surface area contributed by atoms with Crippen LogP contribution in [-0.4, -0.2) is 19.1 Å². The lowest BCUT2D eigenvalue weighted by Gasteiger charge is -2.09. The summed E-state index contributed by atoms with van der Waals surface area (Å²) in [6.07, 6.45) is -0.239. The second-order valence-electron chi connectivity index (χ2n) is 2.72. The van der Waals surface area contributed by atoms with Crippen LogP contribution in [-0.2, 0) is 9.53 Å². The van der Waals surface area contributed by atoms with Gasteiger partial charge in [0.15, 0.2) is 12.0 Å². The van der Waals surface area contributed by atoms with E-state index in [-0.39, 0.29) is 5.78 Å². The van der Waals surface area contributed by atoms with Crippen molar-refractivity contribution in [2.75, 3.05) is 7.11 Å². The normalized spacial score (nSPS) is 13.7. The lowest BCUT2D eigenvalue weighted by Crippen LogP contribution is -2.32. The average Bonchev–Trinajstić information content (AvgIpc) is 1.85. The highest BCUT2D eigenvalue weighted by atomic mass is 16.5. The zero-order valence-corrected chi connectivity index (χ0v) is 6.76. The minimum atomic E-state index is -0.734. The molecule has 0 aromatic rings. The van der Waals surface area contributed by atoms with Crippen molar-refractivity contribution < 1.29 is 9.53 Å². The van der Waals surface area contributed by atoms with E-state index in [1.165, 1.54) is 7.11 Å². The average molecular weight is 145 g/mol. The highest BCUT2D eigenvalue weighted by molar-refractivity contribution is 5.82. The molecular weight excluding hydrogens is 130 g/mol. The number of ketones is 1. The van der Waals surface area contributed by atoms with Gasteiger partial charge in [-0.05, 0) is 5.92 Å². The summed E-state index contributed by atoms with van der Waals surface area (Å²) in [4.78, 5) is 10.9. The Labute approximate surface area is 61.5 Å². The highest BCUT2D eigenvalue weighted by Gasteiger charge is 2.12. The van der Waals surface area contributed by atoms with Crippen LogP contribution in [0.4, 0.5) is 0 Å². The first kappa shape index (κ1) is 9.59. The number of rotatable bonds is 4. The van der Waals surface area contributed by atoms with E-state index in [1.807, 2.05) is 13.8 Å². The van der Waals surface area contributed by atoms with Gasteiger partial charge in [-0.2, -0.15) is 0 Å². The van der Waals surface area contributed by atoms with Gasteiger partial charge in [0.1, 0.15) is 0 Å². The Bertz CT molecular complexity index is 112. The number of methoxy groups -OCH3 is 1. The van der Waals surface area contributed by atoms with Gasteiger partial charge < -0.3 is 4.74 Å². The monoisotopic (exact) mass is 145 g/mol. The van der Waals surface area contributed by atoms with Gasteiger partial charge in [0.25, 0.3) is 0 Å². The fourth-order valence-corrected chi connectivity index (χ4v) is 0.650. The number of carbonyl (C=O) groups is 1. The van der Waals surface area contributed by atoms with E-state index in [0.717, 1.165) is 0 Å². The molecule has 0 heterocycles. The molecule has 3 nitrogen and oxygen atoms in total. The summed E-state index contributed by atoms with van der Waals surface area (Å²) in [6.45, 7) is 3.94. The summed E-state index contributed by atoms with van der Waals surface area (Å²) in [5.74, 6) is 0.325. The first-order valence-corrected chi connectivity index (χ1v) is 3.39. The third kappa shape index (κ3) is 3.58. The third-order valence-corrected chi connectivity index (χ3v) is 1.18. The van der Waals surface area contributed by atoms with E-state index in [1.54, 1.807) is 0 Å². The van der Waals surface area contributed by atoms with Gasteiger partial charge in [-0.1, -0.05) is 13.8 Å². The molecule has 0 saturated heterocycles. The van der Waals surface area contributed by atoms with Crippen molar-refractivity contribution in [1.29, 1.82) is 0 Å². The summed E-state index contributed by atoms with van der Waals surface area (Å²) in [7, 11) is 1.43. The smallest absolute Gasteiger partial charge is 0.176 e. The molecule has 0 fully saturated rings. The first-order valence-electron chi connectivity index (χ1n) is 3.39. The van der Waals surface area contributed by atoms with E-state index in [2.05, 4.69) is 4.74 Å². The van der Waals surface area contributed by atoms with Gasteiger partial charge in [0, 0.05) is 13.5 Å². The van der Waals surface area contributed by atoms with E-state index in [4.69, 9.17) is 5.73 Å². The fourth-order valence-electron chi connectivity index (χ4n) is 0.650. The lowest BCUT2D eigenvalue weighted by atomic mass is 10.1. The molecule has 1 atom stereocenters. The van der Waals surface area contributed by atoms with Crippen molar-refractivity contribution in [2.24, 2.45) is 11.7 Å². The topological polar surface area (TPSA) is 52.3 Å². The maximum atomic E-state index is 10.9. The van der Waals surface area contributed by atoms with Gasteiger partial charge in [0.05, 0.1) is 0 Å². The van der Waals surface area contributed by atoms with Crippen molar-refractivity contribution >= 4 is 5.78 Å². The number of hydrogen-bond acceptors (Lipinski definition) is 3. The predicted octanol–water partition coefficient (Wildman–Crippen LogP) is 0.533. The highest BCUT2D eigenvalue weighted by Crippen LogP contribution is 2.01.